The summed E-state index contributed by atoms with van der Waals surface area (Å²) in [5.41, 5.74) is 8.03. The summed E-state index contributed by atoms with van der Waals surface area (Å²) in [5, 5.41) is 61.8. The number of ether oxygens (including phenoxy) is 4. The molecule has 4 aliphatic heterocycles. The number of hydrogen-bond donors (Lipinski definition) is 8. The summed E-state index contributed by atoms with van der Waals surface area (Å²) >= 11 is 0. The highest BCUT2D eigenvalue weighted by atomic mass is 16.6. The molecule has 0 radical (unpaired) electrons. The van der Waals surface area contributed by atoms with Crippen LogP contribution < -0.4 is 46.1 Å². The molecule has 0 amide bonds. The van der Waals surface area contributed by atoms with Gasteiger partial charge in [-0.05, 0) is 139 Å². The van der Waals surface area contributed by atoms with E-state index in [9.17, 15) is 20.4 Å². The fourth-order valence-electron chi connectivity index (χ4n) is 13.2. The maximum Gasteiger partial charge on any atom is 0.161 e. The average Bonchev–Trinajstić information content (AvgIpc) is 4.07. The molecule has 13 nitrogen and oxygen atoms in total. The molecular weight excluding hydrogens is 907 g/mol. The second kappa shape index (κ2) is 20.1. The molecule has 72 heavy (non-hydrogen) atoms. The lowest BCUT2D eigenvalue weighted by Crippen LogP contribution is -2.62. The van der Waals surface area contributed by atoms with Crippen LogP contribution in [0.1, 0.15) is 123 Å². The van der Waals surface area contributed by atoms with Crippen LogP contribution in [0.25, 0.3) is 23.3 Å². The summed E-state index contributed by atoms with van der Waals surface area (Å²) < 4.78 is 28.5. The number of phenols is 2. The van der Waals surface area contributed by atoms with Crippen molar-refractivity contribution >= 4 is 12.2 Å². The van der Waals surface area contributed by atoms with E-state index < -0.39 is 29.5 Å². The Labute approximate surface area is 423 Å². The molecule has 11 rings (SSSR count). The molecule has 1 saturated carbocycles. The molecule has 2 bridgehead atoms. The first-order valence-electron chi connectivity index (χ1n) is 26.4. The number of aliphatic hydroxyl groups excluding tert-OH is 1. The van der Waals surface area contributed by atoms with Gasteiger partial charge in [0.2, 0.25) is 0 Å². The summed E-state index contributed by atoms with van der Waals surface area (Å²) in [6.45, 7) is 8.53. The van der Waals surface area contributed by atoms with Crippen LogP contribution in [0, 0.1) is 17.8 Å². The molecular formula is C59H71N5O8. The molecule has 4 aromatic carbocycles. The quantitative estimate of drug-likeness (QED) is 0.0402. The Bertz CT molecular complexity index is 2950. The molecule has 3 aliphatic carbocycles. The van der Waals surface area contributed by atoms with Gasteiger partial charge in [-0.15, -0.1) is 0 Å². The average molecular weight is 978 g/mol. The number of phenolic OH excluding ortho intramolecular Hbond substituents is 2. The first-order valence-corrected chi connectivity index (χ1v) is 26.4. The van der Waals surface area contributed by atoms with E-state index in [4.69, 9.17) is 23.9 Å². The fourth-order valence-corrected chi connectivity index (χ4v) is 13.2. The van der Waals surface area contributed by atoms with E-state index in [1.807, 2.05) is 32.2 Å². The number of aromatic hydroxyl groups is 2. The highest BCUT2D eigenvalue weighted by molar-refractivity contribution is 5.89. The van der Waals surface area contributed by atoms with Gasteiger partial charge in [0.1, 0.15) is 35.0 Å². The van der Waals surface area contributed by atoms with Crippen molar-refractivity contribution in [1.82, 2.24) is 21.3 Å². The zero-order valence-corrected chi connectivity index (χ0v) is 42.2. The van der Waals surface area contributed by atoms with E-state index in [1.54, 1.807) is 6.07 Å². The van der Waals surface area contributed by atoms with Gasteiger partial charge in [0.15, 0.2) is 17.6 Å². The Kier molecular flexibility index (Phi) is 13.6. The maximum atomic E-state index is 11.8. The molecule has 0 unspecified atom stereocenters. The number of rotatable bonds is 15. The van der Waals surface area contributed by atoms with E-state index in [-0.39, 0.29) is 43.3 Å². The Morgan fingerprint density at radius 2 is 1.79 bits per heavy atom. The SMILES string of the molecule is CNCC1=Cc2c(O)ccc3c2[C@H](Cc2c4c(c5c(c2-3)O[C@H](CO)CC5)O[C@@H]2c3ccc(O)c(c3)OCCC#C[C@H](NCNC[C@@](C)(O)CC(C)C)[C@@]2(OCNC2CCCC2)C4)[C@H]1c1ccc2c(c1)=CCN=2. The monoisotopic (exact) mass is 978 g/mol. The van der Waals surface area contributed by atoms with Gasteiger partial charge in [-0.25, -0.2) is 0 Å². The summed E-state index contributed by atoms with van der Waals surface area (Å²) in [5.74, 6) is 9.40. The van der Waals surface area contributed by atoms with E-state index in [0.717, 1.165) is 73.7 Å². The van der Waals surface area contributed by atoms with Gasteiger partial charge < -0.3 is 50.0 Å². The zero-order valence-electron chi connectivity index (χ0n) is 42.2. The fraction of sp³-hybridized carbons (Fsp3) is 0.508. The van der Waals surface area contributed by atoms with Crippen molar-refractivity contribution in [3.63, 3.8) is 0 Å². The predicted octanol–water partition coefficient (Wildman–Crippen LogP) is 5.91. The minimum atomic E-state index is -1.18. The zero-order chi connectivity index (χ0) is 49.7. The number of likely N-dealkylation sites (N-methyl/N-ethyl adjacent to an activating group) is 1. The lowest BCUT2D eigenvalue weighted by molar-refractivity contribution is -0.143. The highest BCUT2D eigenvalue weighted by Gasteiger charge is 2.55. The van der Waals surface area contributed by atoms with Crippen LogP contribution in [0.5, 0.6) is 28.7 Å². The Morgan fingerprint density at radius 3 is 2.61 bits per heavy atom. The third-order valence-corrected chi connectivity index (χ3v) is 16.2. The van der Waals surface area contributed by atoms with Crippen molar-refractivity contribution in [3.05, 3.63) is 104 Å². The topological polar surface area (TPSA) is 178 Å². The first-order chi connectivity index (χ1) is 34.9. The highest BCUT2D eigenvalue weighted by Crippen LogP contribution is 2.61. The van der Waals surface area contributed by atoms with Crippen LogP contribution in [-0.4, -0.2) is 103 Å². The molecule has 7 aliphatic rings. The predicted molar refractivity (Wildman–Crippen MR) is 278 cm³/mol. The normalized spacial score (nSPS) is 25.4. The summed E-state index contributed by atoms with van der Waals surface area (Å²) in [7, 11) is 1.98. The van der Waals surface area contributed by atoms with Crippen LogP contribution >= 0.6 is 0 Å². The molecule has 380 valence electrons. The lowest BCUT2D eigenvalue weighted by Gasteiger charge is -2.50. The van der Waals surface area contributed by atoms with Gasteiger partial charge in [-0.3, -0.25) is 15.6 Å². The third-order valence-electron chi connectivity index (χ3n) is 16.2. The Morgan fingerprint density at radius 1 is 0.958 bits per heavy atom. The molecule has 1 fully saturated rings. The minimum Gasteiger partial charge on any atom is -0.507 e. The molecule has 8 N–H and O–H groups in total. The van der Waals surface area contributed by atoms with Crippen molar-refractivity contribution < 1.29 is 39.4 Å². The van der Waals surface area contributed by atoms with Crippen LogP contribution in [-0.2, 0) is 24.0 Å². The molecule has 13 heteroatoms. The molecule has 4 aromatic rings. The van der Waals surface area contributed by atoms with E-state index in [2.05, 4.69) is 83.4 Å². The number of aliphatic hydroxyl groups is 2. The van der Waals surface area contributed by atoms with Gasteiger partial charge in [0, 0.05) is 66.8 Å². The van der Waals surface area contributed by atoms with Gasteiger partial charge in [0.25, 0.3) is 0 Å². The van der Waals surface area contributed by atoms with Crippen molar-refractivity contribution in [1.29, 1.82) is 0 Å². The number of fused-ring (bicyclic) bond motifs is 12. The molecule has 0 aromatic heterocycles. The number of nitrogens with zero attached hydrogens (tertiary/aromatic N) is 1. The van der Waals surface area contributed by atoms with E-state index >= 15 is 0 Å². The van der Waals surface area contributed by atoms with Crippen LogP contribution in [0.15, 0.2) is 59.1 Å². The maximum absolute atomic E-state index is 11.8. The first kappa shape index (κ1) is 48.8. The lowest BCUT2D eigenvalue weighted by atomic mass is 9.62. The van der Waals surface area contributed by atoms with Crippen LogP contribution in [0.4, 0.5) is 0 Å². The number of hydrogen-bond acceptors (Lipinski definition) is 13. The van der Waals surface area contributed by atoms with Gasteiger partial charge >= 0.3 is 0 Å². The van der Waals surface area contributed by atoms with Crippen molar-refractivity contribution in [2.24, 2.45) is 10.9 Å². The molecule has 4 heterocycles. The molecule has 0 saturated heterocycles. The van der Waals surface area contributed by atoms with E-state index in [0.29, 0.717) is 88.3 Å². The smallest absolute Gasteiger partial charge is 0.161 e. The van der Waals surface area contributed by atoms with Crippen molar-refractivity contribution in [2.75, 3.05) is 53.3 Å². The van der Waals surface area contributed by atoms with Gasteiger partial charge in [-0.1, -0.05) is 62.8 Å². The second-order valence-corrected chi connectivity index (χ2v) is 21.9. The Hall–Kier alpha value is -5.43. The minimum absolute atomic E-state index is 0.0345. The van der Waals surface area contributed by atoms with E-state index in [1.165, 1.54) is 24.0 Å². The number of nitrogens with one attached hydrogen (secondary N) is 4. The number of benzene rings is 4. The van der Waals surface area contributed by atoms with Crippen LogP contribution in [0.3, 0.4) is 0 Å². The summed E-state index contributed by atoms with van der Waals surface area (Å²) in [4.78, 5) is 4.73. The van der Waals surface area contributed by atoms with Crippen molar-refractivity contribution in [3.8, 4) is 51.7 Å². The van der Waals surface area contributed by atoms with Gasteiger partial charge in [0.05, 0.1) is 37.4 Å². The summed E-state index contributed by atoms with van der Waals surface area (Å²) in [6, 6.07) is 15.7. The second-order valence-electron chi connectivity index (χ2n) is 21.9. The molecule has 7 atom stereocenters. The molecule has 0 spiro atoms. The standard InChI is InChI=1S/C59H71N5O8/c1-34(2)27-58(3,68)31-61-32-63-51-11-7-8-22-69-50-25-37(13-18-49(50)67)57-59(51,70-33-64-39-9-5-6-10-39)28-46-43-26-45-52(36-12-17-47-35(23-36)20-21-62-47)38(29-60-4)24-44-48(66)19-16-41(53(44)45)54(43)56-42(55(46)72-57)15-14-40(30-65)71-56/h12-13,16-20,23-25,34,39-40,45,51-52,57,60-61,63-68H,5-6,8-10,14-15,21-22,26-33H2,1-4H3/t40-,45+,51-,52-,57+,58-,59-/m0/s1. The van der Waals surface area contributed by atoms with Crippen molar-refractivity contribution in [2.45, 2.75) is 132 Å². The van der Waals surface area contributed by atoms with Gasteiger partial charge in [-0.2, -0.15) is 0 Å². The Balaban J connectivity index is 1.12. The van der Waals surface area contributed by atoms with Crippen LogP contribution in [0.2, 0.25) is 0 Å². The largest absolute Gasteiger partial charge is 0.507 e. The third kappa shape index (κ3) is 9.07. The summed E-state index contributed by atoms with van der Waals surface area (Å²) in [6.07, 6.45) is 11.0.